The van der Waals surface area contributed by atoms with Crippen LogP contribution in [0.25, 0.3) is 0 Å². The fourth-order valence-electron chi connectivity index (χ4n) is 2.44. The number of anilines is 1. The molecule has 3 rings (SSSR count). The quantitative estimate of drug-likeness (QED) is 0.815. The molecule has 2 fully saturated rings. The molecule has 1 aliphatic heterocycles. The van der Waals surface area contributed by atoms with Crippen molar-refractivity contribution >= 4 is 23.0 Å². The maximum atomic E-state index is 5.52. The molecule has 6 heteroatoms. The van der Waals surface area contributed by atoms with Gasteiger partial charge in [0.25, 0.3) is 0 Å². The number of hydrogen-bond acceptors (Lipinski definition) is 5. The summed E-state index contributed by atoms with van der Waals surface area (Å²) in [7, 11) is 0. The molecular formula is C13H19N5S. The average Bonchev–Trinajstić information content (AvgIpc) is 3.24. The van der Waals surface area contributed by atoms with Gasteiger partial charge in [-0.2, -0.15) is 0 Å². The van der Waals surface area contributed by atoms with Crippen molar-refractivity contribution in [1.29, 1.82) is 0 Å². The topological polar surface area (TPSA) is 58.3 Å². The van der Waals surface area contributed by atoms with Crippen LogP contribution in [-0.2, 0) is 0 Å². The molecule has 2 heterocycles. The largest absolute Gasteiger partial charge is 0.388 e. The molecule has 19 heavy (non-hydrogen) atoms. The summed E-state index contributed by atoms with van der Waals surface area (Å²) in [5.74, 6) is 1.89. The second kappa shape index (κ2) is 5.38. The van der Waals surface area contributed by atoms with Gasteiger partial charge in [-0.3, -0.25) is 4.90 Å². The zero-order valence-corrected chi connectivity index (χ0v) is 11.8. The molecule has 1 aromatic rings. The molecule has 2 N–H and O–H groups in total. The third-order valence-corrected chi connectivity index (χ3v) is 4.01. The minimum atomic E-state index is 0.299. The van der Waals surface area contributed by atoms with Gasteiger partial charge in [-0.25, -0.2) is 9.97 Å². The van der Waals surface area contributed by atoms with Crippen LogP contribution in [0.2, 0.25) is 0 Å². The lowest BCUT2D eigenvalue weighted by molar-refractivity contribution is 0.247. The molecule has 0 unspecified atom stereocenters. The minimum Gasteiger partial charge on any atom is -0.388 e. The molecule has 0 bridgehead atoms. The standard InChI is InChI=1S/C13H19N5S/c14-13(19)11-7-16-12(8-15-11)18-5-3-17(4-6-18)9-10-1-2-10/h7-8,10H,1-6,9H2,(H2,14,19). The number of thiocarbonyl (C=S) groups is 1. The number of aromatic nitrogens is 2. The molecular weight excluding hydrogens is 258 g/mol. The second-order valence-electron chi connectivity index (χ2n) is 5.36. The number of nitrogens with two attached hydrogens (primary N) is 1. The summed E-state index contributed by atoms with van der Waals surface area (Å²) < 4.78 is 0. The smallest absolute Gasteiger partial charge is 0.147 e. The molecule has 102 valence electrons. The number of hydrogen-bond donors (Lipinski definition) is 1. The van der Waals surface area contributed by atoms with Crippen molar-refractivity contribution in [3.05, 3.63) is 18.1 Å². The highest BCUT2D eigenvalue weighted by Gasteiger charge is 2.26. The third kappa shape index (κ3) is 3.19. The first-order chi connectivity index (χ1) is 9.22. The highest BCUT2D eigenvalue weighted by Crippen LogP contribution is 2.30. The molecule has 1 saturated carbocycles. The van der Waals surface area contributed by atoms with E-state index in [1.807, 2.05) is 0 Å². The van der Waals surface area contributed by atoms with Crippen molar-refractivity contribution < 1.29 is 0 Å². The summed E-state index contributed by atoms with van der Waals surface area (Å²) in [5, 5.41) is 0. The summed E-state index contributed by atoms with van der Waals surface area (Å²) in [6.45, 7) is 5.56. The van der Waals surface area contributed by atoms with Crippen molar-refractivity contribution in [2.45, 2.75) is 12.8 Å². The Bertz CT molecular complexity index is 449. The van der Waals surface area contributed by atoms with E-state index < -0.39 is 0 Å². The fraction of sp³-hybridized carbons (Fsp3) is 0.615. The van der Waals surface area contributed by atoms with Gasteiger partial charge in [-0.15, -0.1) is 0 Å². The monoisotopic (exact) mass is 277 g/mol. The lowest BCUT2D eigenvalue weighted by Gasteiger charge is -2.35. The van der Waals surface area contributed by atoms with Crippen molar-refractivity contribution in [3.8, 4) is 0 Å². The van der Waals surface area contributed by atoms with E-state index in [1.54, 1.807) is 12.4 Å². The van der Waals surface area contributed by atoms with E-state index in [0.29, 0.717) is 10.7 Å². The van der Waals surface area contributed by atoms with Crippen LogP contribution in [-0.4, -0.2) is 52.6 Å². The van der Waals surface area contributed by atoms with E-state index in [9.17, 15) is 0 Å². The van der Waals surface area contributed by atoms with Crippen molar-refractivity contribution in [2.24, 2.45) is 11.7 Å². The lowest BCUT2D eigenvalue weighted by Crippen LogP contribution is -2.47. The van der Waals surface area contributed by atoms with Gasteiger partial charge in [-0.1, -0.05) is 12.2 Å². The van der Waals surface area contributed by atoms with Gasteiger partial charge in [0, 0.05) is 32.7 Å². The highest BCUT2D eigenvalue weighted by atomic mass is 32.1. The Labute approximate surface area is 118 Å². The molecule has 0 spiro atoms. The van der Waals surface area contributed by atoms with Gasteiger partial charge in [0.2, 0.25) is 0 Å². The molecule has 5 nitrogen and oxygen atoms in total. The van der Waals surface area contributed by atoms with Gasteiger partial charge in [0.15, 0.2) is 0 Å². The van der Waals surface area contributed by atoms with Crippen LogP contribution in [0.5, 0.6) is 0 Å². The lowest BCUT2D eigenvalue weighted by atomic mass is 10.3. The predicted molar refractivity (Wildman–Crippen MR) is 79.3 cm³/mol. The SMILES string of the molecule is NC(=S)c1cnc(N2CCN(CC3CC3)CC2)cn1. The molecule has 1 aromatic heterocycles. The maximum absolute atomic E-state index is 5.52. The molecule has 1 aliphatic carbocycles. The summed E-state index contributed by atoms with van der Waals surface area (Å²) in [5.41, 5.74) is 6.11. The average molecular weight is 277 g/mol. The van der Waals surface area contributed by atoms with E-state index in [4.69, 9.17) is 18.0 Å². The van der Waals surface area contributed by atoms with Gasteiger partial charge in [0.1, 0.15) is 16.5 Å². The molecule has 0 atom stereocenters. The number of rotatable bonds is 4. The summed E-state index contributed by atoms with van der Waals surface area (Å²) in [6, 6.07) is 0. The Morgan fingerprint density at radius 3 is 2.47 bits per heavy atom. The van der Waals surface area contributed by atoms with Crippen LogP contribution >= 0.6 is 12.2 Å². The van der Waals surface area contributed by atoms with Crippen LogP contribution in [0.1, 0.15) is 18.5 Å². The van der Waals surface area contributed by atoms with Crippen molar-refractivity contribution in [1.82, 2.24) is 14.9 Å². The van der Waals surface area contributed by atoms with E-state index in [2.05, 4.69) is 19.8 Å². The molecule has 0 aromatic carbocycles. The van der Waals surface area contributed by atoms with Gasteiger partial charge >= 0.3 is 0 Å². The first-order valence-electron chi connectivity index (χ1n) is 6.81. The zero-order chi connectivity index (χ0) is 13.2. The normalized spacial score (nSPS) is 20.5. The Kier molecular flexibility index (Phi) is 3.61. The highest BCUT2D eigenvalue weighted by molar-refractivity contribution is 7.80. The van der Waals surface area contributed by atoms with Crippen molar-refractivity contribution in [3.63, 3.8) is 0 Å². The minimum absolute atomic E-state index is 0.299. The first kappa shape index (κ1) is 12.7. The third-order valence-electron chi connectivity index (χ3n) is 3.80. The Morgan fingerprint density at radius 1 is 1.21 bits per heavy atom. The van der Waals surface area contributed by atoms with Gasteiger partial charge in [0.05, 0.1) is 12.4 Å². The zero-order valence-electron chi connectivity index (χ0n) is 11.0. The van der Waals surface area contributed by atoms with Crippen LogP contribution in [0.15, 0.2) is 12.4 Å². The summed E-state index contributed by atoms with van der Waals surface area (Å²) >= 11 is 4.88. The fourth-order valence-corrected chi connectivity index (χ4v) is 2.54. The van der Waals surface area contributed by atoms with E-state index >= 15 is 0 Å². The molecule has 1 saturated heterocycles. The number of piperazine rings is 1. The second-order valence-corrected chi connectivity index (χ2v) is 5.79. The summed E-state index contributed by atoms with van der Waals surface area (Å²) in [6.07, 6.45) is 6.28. The predicted octanol–water partition coefficient (Wildman–Crippen LogP) is 0.643. The van der Waals surface area contributed by atoms with E-state index in [1.165, 1.54) is 19.4 Å². The molecule has 0 amide bonds. The first-order valence-corrected chi connectivity index (χ1v) is 7.22. The van der Waals surface area contributed by atoms with Crippen LogP contribution in [0, 0.1) is 5.92 Å². The maximum Gasteiger partial charge on any atom is 0.147 e. The van der Waals surface area contributed by atoms with Crippen LogP contribution < -0.4 is 10.6 Å². The van der Waals surface area contributed by atoms with Gasteiger partial charge < -0.3 is 10.6 Å². The van der Waals surface area contributed by atoms with Gasteiger partial charge in [-0.05, 0) is 18.8 Å². The van der Waals surface area contributed by atoms with Crippen molar-refractivity contribution in [2.75, 3.05) is 37.6 Å². The molecule has 0 radical (unpaired) electrons. The number of nitrogens with zero attached hydrogens (tertiary/aromatic N) is 4. The van der Waals surface area contributed by atoms with E-state index in [-0.39, 0.29) is 0 Å². The van der Waals surface area contributed by atoms with E-state index in [0.717, 1.165) is 37.9 Å². The Balaban J connectivity index is 1.56. The summed E-state index contributed by atoms with van der Waals surface area (Å²) in [4.78, 5) is 13.8. The van der Waals surface area contributed by atoms with Crippen LogP contribution in [0.4, 0.5) is 5.82 Å². The Hall–Kier alpha value is -1.27. The molecule has 2 aliphatic rings. The Morgan fingerprint density at radius 2 is 1.95 bits per heavy atom. The van der Waals surface area contributed by atoms with Crippen LogP contribution in [0.3, 0.4) is 0 Å².